The molecule has 0 saturated heterocycles. The predicted octanol–water partition coefficient (Wildman–Crippen LogP) is -0.629. The smallest absolute Gasteiger partial charge is 1.00 e. The van der Waals surface area contributed by atoms with Crippen molar-refractivity contribution < 1.29 is 52.5 Å². The van der Waals surface area contributed by atoms with Gasteiger partial charge in [0.15, 0.2) is 11.6 Å². The van der Waals surface area contributed by atoms with Gasteiger partial charge in [-0.05, 0) is 0 Å². The van der Waals surface area contributed by atoms with E-state index < -0.39 is 0 Å². The fourth-order valence-electron chi connectivity index (χ4n) is 3.31. The molecule has 0 heterocycles. The van der Waals surface area contributed by atoms with Crippen molar-refractivity contribution in [3.8, 4) is 0 Å². The van der Waals surface area contributed by atoms with Crippen LogP contribution in [0.5, 0.6) is 0 Å². The van der Waals surface area contributed by atoms with E-state index in [0.29, 0.717) is 60.4 Å². The summed E-state index contributed by atoms with van der Waals surface area (Å²) in [6.07, 6.45) is 11.3. The number of rotatable bonds is 17. The summed E-state index contributed by atoms with van der Waals surface area (Å²) in [6.45, 7) is 4.20. The average Bonchev–Trinajstić information content (AvgIpc) is 2.89. The third kappa shape index (κ3) is 12.2. The molecule has 0 saturated carbocycles. The molecule has 0 spiro atoms. The van der Waals surface area contributed by atoms with Gasteiger partial charge >= 0.3 is 19.8 Å². The number of hydrogen-bond donors (Lipinski definition) is 2. The van der Waals surface area contributed by atoms with E-state index in [2.05, 4.69) is 21.3 Å². The van der Waals surface area contributed by atoms with Gasteiger partial charge in [-0.25, -0.2) is 0 Å². The van der Waals surface area contributed by atoms with Crippen molar-refractivity contribution in [1.29, 1.82) is 0 Å². The molecular formula is C26H36GaIN4O6. The van der Waals surface area contributed by atoms with Gasteiger partial charge in [0.2, 0.25) is 0 Å². The normalized spacial score (nSPS) is 16.8. The number of allylic oxidation sites excluding steroid dienone is 6. The van der Waals surface area contributed by atoms with Crippen molar-refractivity contribution in [2.75, 3.05) is 67.7 Å². The minimum Gasteiger partial charge on any atom is -1.00 e. The van der Waals surface area contributed by atoms with Gasteiger partial charge in [0.25, 0.3) is 0 Å². The van der Waals surface area contributed by atoms with Gasteiger partial charge in [0.05, 0.1) is 39.6 Å². The second-order valence-corrected chi connectivity index (χ2v) is 7.73. The Bertz CT molecular complexity index is 883. The minimum atomic E-state index is -0.159. The van der Waals surface area contributed by atoms with Crippen LogP contribution in [0.15, 0.2) is 70.9 Å². The number of carbonyl (C=O) groups is 2. The Kier molecular flexibility index (Phi) is 19.6. The number of ketones is 2. The van der Waals surface area contributed by atoms with Gasteiger partial charge in [-0.3, -0.25) is 9.59 Å². The summed E-state index contributed by atoms with van der Waals surface area (Å²) in [6, 6.07) is 0. The summed E-state index contributed by atoms with van der Waals surface area (Å²) in [4.78, 5) is 24.3. The van der Waals surface area contributed by atoms with Crippen LogP contribution in [0.3, 0.4) is 0 Å². The van der Waals surface area contributed by atoms with E-state index in [9.17, 15) is 9.59 Å². The molecule has 10 nitrogen and oxygen atoms in total. The van der Waals surface area contributed by atoms with E-state index in [1.165, 1.54) is 40.6 Å². The Labute approximate surface area is 255 Å². The summed E-state index contributed by atoms with van der Waals surface area (Å²) >= 11 is 0. The predicted molar refractivity (Wildman–Crippen MR) is 144 cm³/mol. The first-order valence-electron chi connectivity index (χ1n) is 11.8. The van der Waals surface area contributed by atoms with Crippen LogP contribution in [0.25, 0.3) is 10.6 Å². The summed E-state index contributed by atoms with van der Waals surface area (Å²) < 4.78 is 20.7. The average molecular weight is 694 g/mol. The number of nitrogens with zero attached hydrogens (tertiary/aromatic N) is 2. The topological polar surface area (TPSA) is 123 Å². The van der Waals surface area contributed by atoms with Crippen molar-refractivity contribution in [3.63, 3.8) is 0 Å². The largest absolute Gasteiger partial charge is 3.00 e. The Morgan fingerprint density at radius 2 is 1.05 bits per heavy atom. The maximum atomic E-state index is 12.2. The van der Waals surface area contributed by atoms with E-state index in [0.717, 1.165) is 25.9 Å². The van der Waals surface area contributed by atoms with E-state index in [1.54, 1.807) is 24.6 Å². The molecule has 0 unspecified atom stereocenters. The maximum Gasteiger partial charge on any atom is 3.00 e. The molecule has 2 aliphatic rings. The first kappa shape index (κ1) is 35.9. The summed E-state index contributed by atoms with van der Waals surface area (Å²) in [7, 11) is 6.07. The molecular weight excluding hydrogens is 658 g/mol. The third-order valence-corrected chi connectivity index (χ3v) is 5.25. The molecule has 0 fully saturated rings. The molecule has 0 amide bonds. The summed E-state index contributed by atoms with van der Waals surface area (Å²) in [5, 5.41) is 15.2. The molecule has 0 aliphatic heterocycles. The van der Waals surface area contributed by atoms with Gasteiger partial charge in [0, 0.05) is 49.8 Å². The number of nitrogens with one attached hydrogen (secondary N) is 2. The number of carbonyl (C=O) groups excluding carboxylic acids is 2. The number of halogens is 1. The van der Waals surface area contributed by atoms with Gasteiger partial charge in [0.1, 0.15) is 23.0 Å². The van der Waals surface area contributed by atoms with Crippen molar-refractivity contribution >= 4 is 31.4 Å². The molecule has 0 aromatic carbocycles. The third-order valence-electron chi connectivity index (χ3n) is 5.25. The van der Waals surface area contributed by atoms with Crippen LogP contribution in [0, 0.1) is 0 Å². The molecule has 0 aromatic rings. The quantitative estimate of drug-likeness (QED) is 0.0895. The molecule has 2 N–H and O–H groups in total. The standard InChI is InChI=1S/C26H36N4O6.Ga.HI/c1-33-19-13-23(31)21(25(15-19)35-3)17-29-9-5-7-27-11-12-28-8-6-10-30-18-22-24(32)14-20(34-2)16-26(22)36-4;;/h13-18,29-30H,5-12H2,1-4H3;;1H/q-2;+3;/p-1/b21-17-,22-18+;;/i;1-3;. The first-order chi connectivity index (χ1) is 17.5. The molecule has 38 heavy (non-hydrogen) atoms. The fraction of sp³-hybridized carbons (Fsp3) is 0.462. The zero-order valence-corrected chi connectivity index (χ0v) is 27.0. The van der Waals surface area contributed by atoms with Gasteiger partial charge in [-0.2, -0.15) is 13.1 Å². The summed E-state index contributed by atoms with van der Waals surface area (Å²) in [5.41, 5.74) is 0.940. The second-order valence-electron chi connectivity index (χ2n) is 7.73. The molecule has 2 aliphatic carbocycles. The molecule has 0 bridgehead atoms. The number of methoxy groups -OCH3 is 4. The number of hydrogen-bond acceptors (Lipinski definition) is 8. The van der Waals surface area contributed by atoms with Crippen LogP contribution < -0.4 is 34.6 Å². The van der Waals surface area contributed by atoms with Crippen molar-refractivity contribution in [3.05, 3.63) is 81.5 Å². The first-order valence-corrected chi connectivity index (χ1v) is 11.8. The summed E-state index contributed by atoms with van der Waals surface area (Å²) in [5.74, 6) is 1.57. The SMILES string of the molecule is COC1=CC(=O)/C(=C\NCCC[N-]CC[N-]CCCN/C=C2/C(=O)C=C(OC)C=C2OC)C(OC)=C1.[67Ga+3].[I-]. The molecule has 0 aromatic heterocycles. The molecule has 0 radical (unpaired) electrons. The van der Waals surface area contributed by atoms with Gasteiger partial charge in [-0.1, -0.05) is 12.8 Å². The Balaban J connectivity index is 0.00000684. The van der Waals surface area contributed by atoms with Crippen LogP contribution in [0.1, 0.15) is 12.8 Å². The number of ether oxygens (including phenoxy) is 4. The van der Waals surface area contributed by atoms with E-state index in [4.69, 9.17) is 18.9 Å². The Morgan fingerprint density at radius 3 is 1.39 bits per heavy atom. The van der Waals surface area contributed by atoms with Gasteiger partial charge in [-0.15, -0.1) is 13.1 Å². The monoisotopic (exact) mass is 694 g/mol. The molecule has 206 valence electrons. The zero-order valence-electron chi connectivity index (χ0n) is 22.4. The van der Waals surface area contributed by atoms with Crippen LogP contribution in [0.4, 0.5) is 0 Å². The fourth-order valence-corrected chi connectivity index (χ4v) is 3.31. The second kappa shape index (κ2) is 20.8. The van der Waals surface area contributed by atoms with E-state index in [-0.39, 0.29) is 55.3 Å². The molecule has 12 heteroatoms. The van der Waals surface area contributed by atoms with E-state index in [1.807, 2.05) is 0 Å². The van der Waals surface area contributed by atoms with Crippen LogP contribution >= 0.6 is 0 Å². The van der Waals surface area contributed by atoms with Crippen molar-refractivity contribution in [2.24, 2.45) is 0 Å². The van der Waals surface area contributed by atoms with Crippen molar-refractivity contribution in [1.82, 2.24) is 10.6 Å². The molecule has 2 rings (SSSR count). The van der Waals surface area contributed by atoms with Gasteiger partial charge < -0.3 is 64.2 Å². The van der Waals surface area contributed by atoms with Crippen LogP contribution in [-0.4, -0.2) is 99.1 Å². The van der Waals surface area contributed by atoms with Crippen LogP contribution in [-0.2, 0) is 28.5 Å². The Morgan fingerprint density at radius 1 is 0.658 bits per heavy atom. The van der Waals surface area contributed by atoms with Crippen LogP contribution in [0.2, 0.25) is 0 Å². The Hall–Kier alpha value is -2.13. The zero-order chi connectivity index (χ0) is 26.2. The maximum absolute atomic E-state index is 12.2. The molecule has 0 atom stereocenters. The minimum absolute atomic E-state index is 0. The van der Waals surface area contributed by atoms with Crippen molar-refractivity contribution in [2.45, 2.75) is 12.8 Å². The van der Waals surface area contributed by atoms with E-state index >= 15 is 0 Å².